The third-order valence-electron chi connectivity index (χ3n) is 3.59. The van der Waals surface area contributed by atoms with Crippen LogP contribution in [-0.4, -0.2) is 25.6 Å². The topological polar surface area (TPSA) is 63.5 Å². The molecular weight excluding hydrogens is 292 g/mol. The molecule has 2 aromatic rings. The van der Waals surface area contributed by atoms with Crippen molar-refractivity contribution < 1.29 is 13.9 Å². The summed E-state index contributed by atoms with van der Waals surface area (Å²) in [6.45, 7) is 5.12. The van der Waals surface area contributed by atoms with Crippen LogP contribution in [0.4, 0.5) is 5.69 Å². The molecule has 0 radical (unpaired) electrons. The summed E-state index contributed by atoms with van der Waals surface area (Å²) in [6, 6.07) is 13.5. The molecule has 1 heterocycles. The van der Waals surface area contributed by atoms with E-state index in [1.807, 2.05) is 30.3 Å². The molecule has 5 heteroatoms. The molecule has 0 saturated carbocycles. The molecule has 23 heavy (non-hydrogen) atoms. The van der Waals surface area contributed by atoms with Crippen LogP contribution in [0.15, 0.2) is 46.9 Å². The van der Waals surface area contributed by atoms with Gasteiger partial charge in [0.05, 0.1) is 0 Å². The largest absolute Gasteiger partial charge is 0.453 e. The van der Waals surface area contributed by atoms with Gasteiger partial charge >= 0.3 is 0 Å². The van der Waals surface area contributed by atoms with E-state index in [-0.39, 0.29) is 11.9 Å². The predicted octanol–water partition coefficient (Wildman–Crippen LogP) is 3.29. The number of ether oxygens (including phenoxy) is 1. The van der Waals surface area contributed by atoms with Crippen LogP contribution in [0, 0.1) is 5.92 Å². The van der Waals surface area contributed by atoms with Gasteiger partial charge in [-0.1, -0.05) is 32.0 Å². The van der Waals surface area contributed by atoms with Crippen molar-refractivity contribution in [2.75, 3.05) is 19.0 Å². The zero-order valence-electron chi connectivity index (χ0n) is 13.8. The number of anilines is 1. The normalized spacial score (nSPS) is 12.2. The molecule has 5 nitrogen and oxygen atoms in total. The Bertz CT molecular complexity index is 608. The Balaban J connectivity index is 1.91. The number of rotatable bonds is 8. The lowest BCUT2D eigenvalue weighted by Crippen LogP contribution is -2.39. The van der Waals surface area contributed by atoms with E-state index in [4.69, 9.17) is 9.15 Å². The van der Waals surface area contributed by atoms with Gasteiger partial charge in [-0.05, 0) is 30.2 Å². The Labute approximate surface area is 137 Å². The fraction of sp³-hybridized carbons (Fsp3) is 0.389. The summed E-state index contributed by atoms with van der Waals surface area (Å²) in [5.74, 6) is 1.10. The molecule has 1 amide bonds. The van der Waals surface area contributed by atoms with E-state index in [1.165, 1.54) is 0 Å². The molecule has 124 valence electrons. The second kappa shape index (κ2) is 8.39. The zero-order chi connectivity index (χ0) is 16.7. The second-order valence-electron chi connectivity index (χ2n) is 5.77. The third kappa shape index (κ3) is 5.14. The predicted molar refractivity (Wildman–Crippen MR) is 90.4 cm³/mol. The minimum atomic E-state index is -0.215. The maximum Gasteiger partial charge on any atom is 0.287 e. The van der Waals surface area contributed by atoms with Crippen LogP contribution in [0.2, 0.25) is 0 Å². The summed E-state index contributed by atoms with van der Waals surface area (Å²) < 4.78 is 10.4. The first-order chi connectivity index (χ1) is 11.1. The quantitative estimate of drug-likeness (QED) is 0.784. The van der Waals surface area contributed by atoms with Gasteiger partial charge in [0.2, 0.25) is 0 Å². The summed E-state index contributed by atoms with van der Waals surface area (Å²) in [5, 5.41) is 6.37. The maximum atomic E-state index is 12.2. The highest BCUT2D eigenvalue weighted by atomic mass is 16.5. The SMILES string of the molecule is COCc1ccc(C(=O)NCC(Nc2ccccc2)C(C)C)o1. The Hall–Kier alpha value is -2.27. The average Bonchev–Trinajstić information content (AvgIpc) is 3.01. The number of hydrogen-bond acceptors (Lipinski definition) is 4. The van der Waals surface area contributed by atoms with Gasteiger partial charge in [0.25, 0.3) is 5.91 Å². The zero-order valence-corrected chi connectivity index (χ0v) is 13.8. The van der Waals surface area contributed by atoms with Crippen LogP contribution >= 0.6 is 0 Å². The van der Waals surface area contributed by atoms with Gasteiger partial charge in [-0.2, -0.15) is 0 Å². The Morgan fingerprint density at radius 2 is 1.91 bits per heavy atom. The van der Waals surface area contributed by atoms with E-state index in [2.05, 4.69) is 24.5 Å². The minimum absolute atomic E-state index is 0.134. The Morgan fingerprint density at radius 1 is 1.17 bits per heavy atom. The van der Waals surface area contributed by atoms with Crippen molar-refractivity contribution in [3.63, 3.8) is 0 Å². The molecule has 0 aliphatic rings. The molecule has 1 aromatic carbocycles. The Kier molecular flexibility index (Phi) is 6.23. The molecule has 0 saturated heterocycles. The summed E-state index contributed by atoms with van der Waals surface area (Å²) in [5.41, 5.74) is 1.04. The molecule has 1 unspecified atom stereocenters. The van der Waals surface area contributed by atoms with E-state index in [1.54, 1.807) is 19.2 Å². The van der Waals surface area contributed by atoms with E-state index < -0.39 is 0 Å². The van der Waals surface area contributed by atoms with Crippen LogP contribution in [0.25, 0.3) is 0 Å². The minimum Gasteiger partial charge on any atom is -0.453 e. The molecular formula is C18H24N2O3. The van der Waals surface area contributed by atoms with E-state index >= 15 is 0 Å². The first-order valence-electron chi connectivity index (χ1n) is 7.77. The number of para-hydroxylation sites is 1. The number of amides is 1. The molecule has 0 bridgehead atoms. The lowest BCUT2D eigenvalue weighted by Gasteiger charge is -2.23. The van der Waals surface area contributed by atoms with Crippen LogP contribution in [0.3, 0.4) is 0 Å². The summed E-state index contributed by atoms with van der Waals surface area (Å²) in [6.07, 6.45) is 0. The van der Waals surface area contributed by atoms with Gasteiger partial charge in [-0.3, -0.25) is 4.79 Å². The third-order valence-corrected chi connectivity index (χ3v) is 3.59. The van der Waals surface area contributed by atoms with Crippen molar-refractivity contribution in [3.8, 4) is 0 Å². The van der Waals surface area contributed by atoms with Crippen LogP contribution < -0.4 is 10.6 Å². The van der Waals surface area contributed by atoms with E-state index in [9.17, 15) is 4.79 Å². The number of furan rings is 1. The summed E-state index contributed by atoms with van der Waals surface area (Å²) in [7, 11) is 1.59. The lowest BCUT2D eigenvalue weighted by atomic mass is 10.0. The van der Waals surface area contributed by atoms with E-state index in [0.29, 0.717) is 30.6 Å². The summed E-state index contributed by atoms with van der Waals surface area (Å²) >= 11 is 0. The number of hydrogen-bond donors (Lipinski definition) is 2. The highest BCUT2D eigenvalue weighted by Crippen LogP contribution is 2.13. The average molecular weight is 316 g/mol. The fourth-order valence-corrected chi connectivity index (χ4v) is 2.21. The van der Waals surface area contributed by atoms with Crippen molar-refractivity contribution >= 4 is 11.6 Å². The molecule has 1 atom stereocenters. The van der Waals surface area contributed by atoms with Crippen LogP contribution in [-0.2, 0) is 11.3 Å². The fourth-order valence-electron chi connectivity index (χ4n) is 2.21. The number of methoxy groups -OCH3 is 1. The molecule has 0 aliphatic carbocycles. The number of nitrogens with one attached hydrogen (secondary N) is 2. The molecule has 0 fully saturated rings. The maximum absolute atomic E-state index is 12.2. The van der Waals surface area contributed by atoms with Gasteiger partial charge in [-0.25, -0.2) is 0 Å². The van der Waals surface area contributed by atoms with Crippen molar-refractivity contribution in [1.29, 1.82) is 0 Å². The van der Waals surface area contributed by atoms with E-state index in [0.717, 1.165) is 5.69 Å². The van der Waals surface area contributed by atoms with Crippen molar-refractivity contribution in [2.45, 2.75) is 26.5 Å². The monoisotopic (exact) mass is 316 g/mol. The van der Waals surface area contributed by atoms with Crippen LogP contribution in [0.1, 0.15) is 30.2 Å². The smallest absolute Gasteiger partial charge is 0.287 e. The first-order valence-corrected chi connectivity index (χ1v) is 7.77. The van der Waals surface area contributed by atoms with Gasteiger partial charge in [0.15, 0.2) is 5.76 Å². The van der Waals surface area contributed by atoms with Gasteiger partial charge in [0.1, 0.15) is 12.4 Å². The molecule has 2 rings (SSSR count). The van der Waals surface area contributed by atoms with Gasteiger partial charge in [0, 0.05) is 25.4 Å². The van der Waals surface area contributed by atoms with Crippen molar-refractivity contribution in [2.24, 2.45) is 5.92 Å². The standard InChI is InChI=1S/C18H24N2O3/c1-13(2)16(20-14-7-5-4-6-8-14)11-19-18(21)17-10-9-15(23-17)12-22-3/h4-10,13,16,20H,11-12H2,1-3H3,(H,19,21). The van der Waals surface area contributed by atoms with Crippen molar-refractivity contribution in [3.05, 3.63) is 54.0 Å². The molecule has 0 spiro atoms. The first kappa shape index (κ1) is 17.1. The molecule has 1 aromatic heterocycles. The lowest BCUT2D eigenvalue weighted by molar-refractivity contribution is 0.0914. The van der Waals surface area contributed by atoms with Gasteiger partial charge < -0.3 is 19.8 Å². The second-order valence-corrected chi connectivity index (χ2v) is 5.77. The highest BCUT2D eigenvalue weighted by Gasteiger charge is 2.17. The number of carbonyl (C=O) groups excluding carboxylic acids is 1. The van der Waals surface area contributed by atoms with Crippen LogP contribution in [0.5, 0.6) is 0 Å². The molecule has 2 N–H and O–H groups in total. The molecule has 0 aliphatic heterocycles. The number of benzene rings is 1. The van der Waals surface area contributed by atoms with Crippen molar-refractivity contribution in [1.82, 2.24) is 5.32 Å². The summed E-state index contributed by atoms with van der Waals surface area (Å²) in [4.78, 5) is 12.2. The Morgan fingerprint density at radius 3 is 2.57 bits per heavy atom. The van der Waals surface area contributed by atoms with Gasteiger partial charge in [-0.15, -0.1) is 0 Å². The highest BCUT2D eigenvalue weighted by molar-refractivity contribution is 5.91. The number of carbonyl (C=O) groups is 1.